The molecule has 0 bridgehead atoms. The molecule has 21 heavy (non-hydrogen) atoms. The summed E-state index contributed by atoms with van der Waals surface area (Å²) in [5.41, 5.74) is 8.70. The Morgan fingerprint density at radius 2 is 2.24 bits per heavy atom. The molecule has 2 rings (SSSR count). The Bertz CT molecular complexity index is 679. The molecule has 112 valence electrons. The fourth-order valence-corrected chi connectivity index (χ4v) is 2.85. The molecule has 0 aliphatic carbocycles. The molecule has 0 aliphatic rings. The van der Waals surface area contributed by atoms with Crippen molar-refractivity contribution in [1.29, 1.82) is 0 Å². The number of thiazole rings is 1. The van der Waals surface area contributed by atoms with Crippen molar-refractivity contribution in [3.05, 3.63) is 44.6 Å². The Kier molecular flexibility index (Phi) is 5.00. The third-order valence-electron chi connectivity index (χ3n) is 2.65. The lowest BCUT2D eigenvalue weighted by atomic mass is 10.2. The summed E-state index contributed by atoms with van der Waals surface area (Å²) in [5.74, 6) is -0.852. The number of hydrogen-bond acceptors (Lipinski definition) is 5. The minimum Gasteiger partial charge on any atom is -0.375 e. The number of nitrogens with one attached hydrogen (secondary N) is 1. The van der Waals surface area contributed by atoms with Crippen LogP contribution < -0.4 is 11.2 Å². The van der Waals surface area contributed by atoms with Crippen LogP contribution in [0.5, 0.6) is 0 Å². The number of hydrogen-bond donors (Lipinski definition) is 2. The van der Waals surface area contributed by atoms with Crippen molar-refractivity contribution in [3.8, 4) is 0 Å². The van der Waals surface area contributed by atoms with E-state index in [1.165, 1.54) is 23.2 Å². The second-order valence-corrected chi connectivity index (χ2v) is 5.82. The first kappa shape index (κ1) is 16.0. The first-order valence-electron chi connectivity index (χ1n) is 5.77. The highest BCUT2D eigenvalue weighted by atomic mass is 35.5. The molecule has 0 atom stereocenters. The van der Waals surface area contributed by atoms with Gasteiger partial charge >= 0.3 is 0 Å². The summed E-state index contributed by atoms with van der Waals surface area (Å²) in [6, 6.07) is 3.95. The molecule has 0 aliphatic heterocycles. The summed E-state index contributed by atoms with van der Waals surface area (Å²) in [6.07, 6.45) is 0. The van der Waals surface area contributed by atoms with Crippen LogP contribution in [0.15, 0.2) is 18.2 Å². The number of hydrazine groups is 1. The largest absolute Gasteiger partial charge is 0.375 e. The van der Waals surface area contributed by atoms with Gasteiger partial charge in [0.25, 0.3) is 5.91 Å². The Balaban J connectivity index is 2.25. The van der Waals surface area contributed by atoms with Gasteiger partial charge in [0.05, 0.1) is 6.54 Å². The van der Waals surface area contributed by atoms with Crippen LogP contribution in [-0.4, -0.2) is 22.9 Å². The average Bonchev–Trinajstić information content (AvgIpc) is 2.78. The first-order chi connectivity index (χ1) is 9.92. The summed E-state index contributed by atoms with van der Waals surface area (Å²) in [7, 11) is 1.56. The van der Waals surface area contributed by atoms with Gasteiger partial charge in [0.2, 0.25) is 0 Å². The highest BCUT2D eigenvalue weighted by Crippen LogP contribution is 2.27. The minimum atomic E-state index is -0.432. The maximum atomic E-state index is 13.3. The minimum absolute atomic E-state index is 0.0353. The van der Waals surface area contributed by atoms with Crippen molar-refractivity contribution in [2.45, 2.75) is 6.54 Å². The van der Waals surface area contributed by atoms with Gasteiger partial charge in [0.1, 0.15) is 10.7 Å². The van der Waals surface area contributed by atoms with Crippen molar-refractivity contribution < 1.29 is 9.18 Å². The predicted octanol–water partition coefficient (Wildman–Crippen LogP) is 2.95. The Labute approximate surface area is 134 Å². The van der Waals surface area contributed by atoms with Crippen LogP contribution in [0.3, 0.4) is 0 Å². The van der Waals surface area contributed by atoms with E-state index < -0.39 is 11.7 Å². The molecule has 1 amide bonds. The quantitative estimate of drug-likeness (QED) is 0.833. The van der Waals surface area contributed by atoms with Crippen LogP contribution in [0.25, 0.3) is 0 Å². The van der Waals surface area contributed by atoms with Crippen LogP contribution in [-0.2, 0) is 6.54 Å². The van der Waals surface area contributed by atoms with Crippen LogP contribution >= 0.6 is 34.5 Å². The number of nitrogen functional groups attached to an aromatic ring is 1. The van der Waals surface area contributed by atoms with Crippen molar-refractivity contribution in [3.63, 3.8) is 0 Å². The fourth-order valence-electron chi connectivity index (χ4n) is 1.66. The average molecular weight is 349 g/mol. The Morgan fingerprint density at radius 3 is 2.81 bits per heavy atom. The van der Waals surface area contributed by atoms with E-state index in [2.05, 4.69) is 10.4 Å². The fraction of sp³-hybridized carbons (Fsp3) is 0.167. The van der Waals surface area contributed by atoms with E-state index in [0.717, 1.165) is 11.3 Å². The standard InChI is InChI=1S/C12H11Cl2FN4OS/c1-17-19(5-6-4-7(15)2-3-8(6)13)11(20)9-10(14)18-12(16)21-9/h2-4,17H,5H2,1H3,(H2,16,18). The van der Waals surface area contributed by atoms with Gasteiger partial charge < -0.3 is 5.73 Å². The summed E-state index contributed by atoms with van der Waals surface area (Å²) in [6.45, 7) is 0.0695. The van der Waals surface area contributed by atoms with Gasteiger partial charge in [-0.05, 0) is 23.8 Å². The summed E-state index contributed by atoms with van der Waals surface area (Å²) in [5, 5.41) is 1.84. The molecular formula is C12H11Cl2FN4OS. The topological polar surface area (TPSA) is 71.2 Å². The van der Waals surface area contributed by atoms with Gasteiger partial charge in [0.15, 0.2) is 10.3 Å². The Morgan fingerprint density at radius 1 is 1.52 bits per heavy atom. The van der Waals surface area contributed by atoms with Crippen LogP contribution in [0.2, 0.25) is 10.2 Å². The molecule has 0 fully saturated rings. The zero-order valence-electron chi connectivity index (χ0n) is 10.9. The lowest BCUT2D eigenvalue weighted by Crippen LogP contribution is -2.39. The summed E-state index contributed by atoms with van der Waals surface area (Å²) >= 11 is 12.8. The molecule has 9 heteroatoms. The van der Waals surface area contributed by atoms with E-state index in [1.807, 2.05) is 0 Å². The van der Waals surface area contributed by atoms with Gasteiger partial charge in [-0.2, -0.15) is 0 Å². The Hall–Kier alpha value is -1.41. The molecule has 1 heterocycles. The molecule has 1 aromatic carbocycles. The molecule has 0 spiro atoms. The maximum absolute atomic E-state index is 13.3. The van der Waals surface area contributed by atoms with Gasteiger partial charge in [-0.3, -0.25) is 9.80 Å². The van der Waals surface area contributed by atoms with Gasteiger partial charge in [-0.25, -0.2) is 14.8 Å². The summed E-state index contributed by atoms with van der Waals surface area (Å²) < 4.78 is 13.3. The number of amides is 1. The summed E-state index contributed by atoms with van der Waals surface area (Å²) in [4.78, 5) is 16.4. The monoisotopic (exact) mass is 348 g/mol. The van der Waals surface area contributed by atoms with Crippen molar-refractivity contribution >= 4 is 45.6 Å². The van der Waals surface area contributed by atoms with E-state index in [4.69, 9.17) is 28.9 Å². The second kappa shape index (κ2) is 6.57. The van der Waals surface area contributed by atoms with E-state index in [-0.39, 0.29) is 21.7 Å². The molecule has 3 N–H and O–H groups in total. The molecule has 0 radical (unpaired) electrons. The molecular weight excluding hydrogens is 338 g/mol. The molecule has 5 nitrogen and oxygen atoms in total. The number of carbonyl (C=O) groups is 1. The normalized spacial score (nSPS) is 10.7. The van der Waals surface area contributed by atoms with Crippen LogP contribution in [0, 0.1) is 5.82 Å². The maximum Gasteiger partial charge on any atom is 0.281 e. The van der Waals surface area contributed by atoms with Crippen molar-refractivity contribution in [1.82, 2.24) is 15.4 Å². The van der Waals surface area contributed by atoms with E-state index in [9.17, 15) is 9.18 Å². The lowest BCUT2D eigenvalue weighted by Gasteiger charge is -2.21. The van der Waals surface area contributed by atoms with Gasteiger partial charge in [-0.15, -0.1) is 0 Å². The molecule has 0 saturated heterocycles. The molecule has 1 aromatic heterocycles. The SMILES string of the molecule is CNN(Cc1cc(F)ccc1Cl)C(=O)c1sc(N)nc1Cl. The predicted molar refractivity (Wildman–Crippen MR) is 81.9 cm³/mol. The van der Waals surface area contributed by atoms with Crippen LogP contribution in [0.1, 0.15) is 15.2 Å². The number of aromatic nitrogens is 1. The van der Waals surface area contributed by atoms with E-state index >= 15 is 0 Å². The van der Waals surface area contributed by atoms with Crippen molar-refractivity contribution in [2.24, 2.45) is 0 Å². The number of carbonyl (C=O) groups excluding carboxylic acids is 1. The van der Waals surface area contributed by atoms with E-state index in [0.29, 0.717) is 10.6 Å². The second-order valence-electron chi connectivity index (χ2n) is 4.02. The lowest BCUT2D eigenvalue weighted by molar-refractivity contribution is 0.0669. The number of nitrogens with zero attached hydrogens (tertiary/aromatic N) is 2. The number of benzene rings is 1. The van der Waals surface area contributed by atoms with Gasteiger partial charge in [-0.1, -0.05) is 34.5 Å². The molecule has 0 saturated carbocycles. The van der Waals surface area contributed by atoms with Crippen LogP contribution in [0.4, 0.5) is 9.52 Å². The third-order valence-corrected chi connectivity index (χ3v) is 4.27. The highest BCUT2D eigenvalue weighted by Gasteiger charge is 2.22. The molecule has 0 unspecified atom stereocenters. The highest BCUT2D eigenvalue weighted by molar-refractivity contribution is 7.17. The number of nitrogens with two attached hydrogens (primary N) is 1. The zero-order chi connectivity index (χ0) is 15.6. The number of anilines is 1. The smallest absolute Gasteiger partial charge is 0.281 e. The number of rotatable bonds is 4. The van der Waals surface area contributed by atoms with Gasteiger partial charge in [0, 0.05) is 12.1 Å². The van der Waals surface area contributed by atoms with E-state index in [1.54, 1.807) is 7.05 Å². The van der Waals surface area contributed by atoms with Crippen molar-refractivity contribution in [2.75, 3.05) is 12.8 Å². The first-order valence-corrected chi connectivity index (χ1v) is 7.34. The number of halogens is 3. The zero-order valence-corrected chi connectivity index (χ0v) is 13.2. The molecule has 2 aromatic rings. The third kappa shape index (κ3) is 3.62.